The van der Waals surface area contributed by atoms with Crippen molar-refractivity contribution in [2.45, 2.75) is 18.4 Å². The zero-order valence-corrected chi connectivity index (χ0v) is 14.4. The first-order valence-electron chi connectivity index (χ1n) is 8.08. The van der Waals surface area contributed by atoms with Crippen LogP contribution < -0.4 is 5.32 Å². The van der Waals surface area contributed by atoms with Crippen molar-refractivity contribution in [2.24, 2.45) is 0 Å². The number of halogens is 1. The van der Waals surface area contributed by atoms with Gasteiger partial charge in [0.15, 0.2) is 0 Å². The summed E-state index contributed by atoms with van der Waals surface area (Å²) >= 11 is 6.22. The Balaban J connectivity index is 1.70. The number of rotatable bonds is 3. The lowest BCUT2D eigenvalue weighted by Crippen LogP contribution is -2.45. The van der Waals surface area contributed by atoms with Gasteiger partial charge in [0, 0.05) is 42.0 Å². The van der Waals surface area contributed by atoms with Gasteiger partial charge in [-0.3, -0.25) is 4.79 Å². The van der Waals surface area contributed by atoms with Crippen LogP contribution in [0.15, 0.2) is 48.5 Å². The molecule has 0 radical (unpaired) electrons. The summed E-state index contributed by atoms with van der Waals surface area (Å²) in [7, 11) is 1.84. The summed E-state index contributed by atoms with van der Waals surface area (Å²) in [6, 6.07) is 14.8. The summed E-state index contributed by atoms with van der Waals surface area (Å²) in [5.74, 6) is -0.00105. The monoisotopic (exact) mass is 344 g/mol. The van der Waals surface area contributed by atoms with Crippen LogP contribution in [0.5, 0.6) is 0 Å². The Bertz CT molecular complexity index is 722. The summed E-state index contributed by atoms with van der Waals surface area (Å²) in [5.41, 5.74) is 1.41. The fourth-order valence-electron chi connectivity index (χ4n) is 3.15. The van der Waals surface area contributed by atoms with Crippen LogP contribution in [0.1, 0.15) is 28.8 Å². The number of carbonyl (C=O) groups excluding carboxylic acids is 1. The maximum atomic E-state index is 12.6. The lowest BCUT2D eigenvalue weighted by Gasteiger charge is -2.39. The number of piperidine rings is 1. The van der Waals surface area contributed by atoms with Crippen LogP contribution in [0.25, 0.3) is 0 Å². The Morgan fingerprint density at radius 3 is 2.33 bits per heavy atom. The molecule has 1 aliphatic rings. The Morgan fingerprint density at radius 2 is 1.75 bits per heavy atom. The highest BCUT2D eigenvalue weighted by Crippen LogP contribution is 2.36. The van der Waals surface area contributed by atoms with Gasteiger partial charge in [0.1, 0.15) is 0 Å². The maximum absolute atomic E-state index is 12.6. The van der Waals surface area contributed by atoms with Gasteiger partial charge in [-0.05, 0) is 43.2 Å². The van der Waals surface area contributed by atoms with Crippen molar-refractivity contribution in [1.82, 2.24) is 4.90 Å². The van der Waals surface area contributed by atoms with E-state index < -0.39 is 5.60 Å². The Labute approximate surface area is 147 Å². The summed E-state index contributed by atoms with van der Waals surface area (Å²) in [4.78, 5) is 14.4. The average Bonchev–Trinajstić information content (AvgIpc) is 2.62. The molecule has 0 saturated carbocycles. The molecule has 0 unspecified atom stereocenters. The van der Waals surface area contributed by atoms with E-state index in [0.717, 1.165) is 11.3 Å². The standard InChI is InChI=1S/C19H21ClN2O2/c1-21-15-8-6-14(7-9-15)18(23)22-12-10-19(24,11-13-22)16-4-2-3-5-17(16)20/h2-9,21,24H,10-13H2,1H3. The number of benzene rings is 2. The molecule has 1 amide bonds. The number of amides is 1. The van der Waals surface area contributed by atoms with Gasteiger partial charge in [0.2, 0.25) is 0 Å². The number of carbonyl (C=O) groups is 1. The zero-order valence-electron chi connectivity index (χ0n) is 13.6. The van der Waals surface area contributed by atoms with Gasteiger partial charge in [-0.1, -0.05) is 29.8 Å². The van der Waals surface area contributed by atoms with Crippen LogP contribution in [0.2, 0.25) is 5.02 Å². The van der Waals surface area contributed by atoms with Gasteiger partial charge >= 0.3 is 0 Å². The molecular formula is C19H21ClN2O2. The topological polar surface area (TPSA) is 52.6 Å². The predicted octanol–water partition coefficient (Wildman–Crippen LogP) is 3.51. The second-order valence-electron chi connectivity index (χ2n) is 6.13. The molecule has 0 bridgehead atoms. The van der Waals surface area contributed by atoms with E-state index in [1.807, 2.05) is 49.5 Å². The first kappa shape index (κ1) is 16.8. The highest BCUT2D eigenvalue weighted by atomic mass is 35.5. The summed E-state index contributed by atoms with van der Waals surface area (Å²) in [6.07, 6.45) is 0.966. The van der Waals surface area contributed by atoms with E-state index in [-0.39, 0.29) is 5.91 Å². The highest BCUT2D eigenvalue weighted by molar-refractivity contribution is 6.31. The fraction of sp³-hybridized carbons (Fsp3) is 0.316. The Morgan fingerprint density at radius 1 is 1.12 bits per heavy atom. The van der Waals surface area contributed by atoms with Gasteiger partial charge < -0.3 is 15.3 Å². The SMILES string of the molecule is CNc1ccc(C(=O)N2CCC(O)(c3ccccc3Cl)CC2)cc1. The lowest BCUT2D eigenvalue weighted by atomic mass is 9.84. The molecule has 4 nitrogen and oxygen atoms in total. The Kier molecular flexibility index (Phi) is 4.78. The van der Waals surface area contributed by atoms with Gasteiger partial charge in [-0.2, -0.15) is 0 Å². The third-order valence-electron chi connectivity index (χ3n) is 4.67. The molecule has 0 aromatic heterocycles. The molecule has 1 heterocycles. The number of nitrogens with zero attached hydrogens (tertiary/aromatic N) is 1. The first-order valence-corrected chi connectivity index (χ1v) is 8.46. The molecule has 1 saturated heterocycles. The van der Waals surface area contributed by atoms with E-state index in [1.165, 1.54) is 0 Å². The van der Waals surface area contributed by atoms with Crippen molar-refractivity contribution >= 4 is 23.2 Å². The van der Waals surface area contributed by atoms with Crippen molar-refractivity contribution < 1.29 is 9.90 Å². The van der Waals surface area contributed by atoms with Gasteiger partial charge in [-0.25, -0.2) is 0 Å². The molecule has 5 heteroatoms. The third kappa shape index (κ3) is 3.25. The molecular weight excluding hydrogens is 324 g/mol. The second kappa shape index (κ2) is 6.83. The summed E-state index contributed by atoms with van der Waals surface area (Å²) in [6.45, 7) is 1.02. The number of hydrogen-bond acceptors (Lipinski definition) is 3. The van der Waals surface area contributed by atoms with Gasteiger partial charge in [0.05, 0.1) is 5.60 Å². The molecule has 126 valence electrons. The quantitative estimate of drug-likeness (QED) is 0.896. The molecule has 2 aromatic carbocycles. The third-order valence-corrected chi connectivity index (χ3v) is 5.00. The predicted molar refractivity (Wildman–Crippen MR) is 96.5 cm³/mol. The number of likely N-dealkylation sites (tertiary alicyclic amines) is 1. The van der Waals surface area contributed by atoms with Crippen molar-refractivity contribution in [2.75, 3.05) is 25.5 Å². The molecule has 0 atom stereocenters. The van der Waals surface area contributed by atoms with E-state index in [1.54, 1.807) is 11.0 Å². The largest absolute Gasteiger partial charge is 0.388 e. The molecule has 24 heavy (non-hydrogen) atoms. The highest BCUT2D eigenvalue weighted by Gasteiger charge is 2.36. The van der Waals surface area contributed by atoms with Crippen LogP contribution in [0, 0.1) is 0 Å². The average molecular weight is 345 g/mol. The van der Waals surface area contributed by atoms with Gasteiger partial charge in [-0.15, -0.1) is 0 Å². The second-order valence-corrected chi connectivity index (χ2v) is 6.54. The summed E-state index contributed by atoms with van der Waals surface area (Å²) < 4.78 is 0. The number of hydrogen-bond donors (Lipinski definition) is 2. The smallest absolute Gasteiger partial charge is 0.253 e. The van der Waals surface area contributed by atoms with E-state index in [9.17, 15) is 9.90 Å². The fourth-order valence-corrected chi connectivity index (χ4v) is 3.46. The van der Waals surface area contributed by atoms with Crippen molar-refractivity contribution in [1.29, 1.82) is 0 Å². The molecule has 3 rings (SSSR count). The van der Waals surface area contributed by atoms with Crippen molar-refractivity contribution in [3.8, 4) is 0 Å². The summed E-state index contributed by atoms with van der Waals surface area (Å²) in [5, 5.41) is 14.5. The lowest BCUT2D eigenvalue weighted by molar-refractivity contribution is -0.0210. The van der Waals surface area contributed by atoms with Crippen LogP contribution in [-0.2, 0) is 5.60 Å². The maximum Gasteiger partial charge on any atom is 0.253 e. The molecule has 2 aromatic rings. The van der Waals surface area contributed by atoms with Crippen LogP contribution in [0.4, 0.5) is 5.69 Å². The Hall–Kier alpha value is -2.04. The minimum atomic E-state index is -0.967. The first-order chi connectivity index (χ1) is 11.5. The van der Waals surface area contributed by atoms with E-state index in [2.05, 4.69) is 5.32 Å². The number of aliphatic hydroxyl groups is 1. The van der Waals surface area contributed by atoms with Gasteiger partial charge in [0.25, 0.3) is 5.91 Å². The van der Waals surface area contributed by atoms with Crippen molar-refractivity contribution in [3.63, 3.8) is 0 Å². The number of anilines is 1. The minimum absolute atomic E-state index is 0.00105. The number of nitrogens with one attached hydrogen (secondary N) is 1. The minimum Gasteiger partial charge on any atom is -0.388 e. The van der Waals surface area contributed by atoms with Crippen LogP contribution in [0.3, 0.4) is 0 Å². The van der Waals surface area contributed by atoms with E-state index in [0.29, 0.717) is 36.5 Å². The van der Waals surface area contributed by atoms with E-state index >= 15 is 0 Å². The molecule has 2 N–H and O–H groups in total. The van der Waals surface area contributed by atoms with Crippen LogP contribution in [-0.4, -0.2) is 36.1 Å². The van der Waals surface area contributed by atoms with E-state index in [4.69, 9.17) is 11.6 Å². The van der Waals surface area contributed by atoms with Crippen LogP contribution >= 0.6 is 11.6 Å². The normalized spacial score (nSPS) is 16.7. The zero-order chi connectivity index (χ0) is 17.2. The molecule has 0 spiro atoms. The van der Waals surface area contributed by atoms with Crippen molar-refractivity contribution in [3.05, 3.63) is 64.7 Å². The molecule has 1 aliphatic heterocycles. The molecule has 0 aliphatic carbocycles. The molecule has 1 fully saturated rings.